The number of hydrogen-bond acceptors (Lipinski definition) is 4. The fourth-order valence-corrected chi connectivity index (χ4v) is 1.79. The lowest BCUT2D eigenvalue weighted by atomic mass is 10.1. The molecule has 0 unspecified atom stereocenters. The molecule has 98 valence electrons. The zero-order valence-corrected chi connectivity index (χ0v) is 10.9. The number of hydrogen-bond donors (Lipinski definition) is 1. The molecule has 0 aliphatic heterocycles. The Kier molecular flexibility index (Phi) is 3.85. The molecule has 0 radical (unpaired) electrons. The summed E-state index contributed by atoms with van der Waals surface area (Å²) < 4.78 is 0. The predicted molar refractivity (Wildman–Crippen MR) is 70.1 cm³/mol. The van der Waals surface area contributed by atoms with Gasteiger partial charge in [-0.25, -0.2) is 14.8 Å². The maximum Gasteiger partial charge on any atom is 0.339 e. The van der Waals surface area contributed by atoms with Gasteiger partial charge in [-0.3, -0.25) is 4.98 Å². The minimum absolute atomic E-state index is 0.0385. The number of carbonyl (C=O) groups is 1. The Morgan fingerprint density at radius 3 is 2.68 bits per heavy atom. The molecule has 5 heteroatoms. The van der Waals surface area contributed by atoms with Gasteiger partial charge in [-0.1, -0.05) is 19.9 Å². The van der Waals surface area contributed by atoms with Crippen LogP contribution in [0.4, 0.5) is 0 Å². The summed E-state index contributed by atoms with van der Waals surface area (Å²) in [6.07, 6.45) is 3.59. The fraction of sp³-hybridized carbons (Fsp3) is 0.286. The lowest BCUT2D eigenvalue weighted by Gasteiger charge is -2.10. The highest BCUT2D eigenvalue weighted by atomic mass is 16.4. The zero-order valence-electron chi connectivity index (χ0n) is 10.9. The van der Waals surface area contributed by atoms with Gasteiger partial charge in [0.25, 0.3) is 0 Å². The highest BCUT2D eigenvalue weighted by molar-refractivity contribution is 5.88. The molecule has 5 nitrogen and oxygen atoms in total. The van der Waals surface area contributed by atoms with E-state index in [-0.39, 0.29) is 11.5 Å². The molecule has 0 atom stereocenters. The van der Waals surface area contributed by atoms with Crippen LogP contribution in [0.3, 0.4) is 0 Å². The van der Waals surface area contributed by atoms with Crippen LogP contribution in [-0.2, 0) is 6.42 Å². The molecular formula is C14H15N3O2. The second-order valence-electron chi connectivity index (χ2n) is 4.54. The molecule has 0 amide bonds. The van der Waals surface area contributed by atoms with Crippen molar-refractivity contribution >= 4 is 5.97 Å². The highest BCUT2D eigenvalue weighted by Crippen LogP contribution is 2.17. The summed E-state index contributed by atoms with van der Waals surface area (Å²) in [5.41, 5.74) is 1.59. The van der Waals surface area contributed by atoms with Crippen LogP contribution in [0.5, 0.6) is 0 Å². The summed E-state index contributed by atoms with van der Waals surface area (Å²) in [5, 5.41) is 9.10. The third kappa shape index (κ3) is 3.13. The number of aromatic carboxylic acids is 1. The molecule has 2 rings (SSSR count). The monoisotopic (exact) mass is 257 g/mol. The van der Waals surface area contributed by atoms with Crippen molar-refractivity contribution in [3.05, 3.63) is 53.4 Å². The number of nitrogens with zero attached hydrogens (tertiary/aromatic N) is 3. The Bertz CT molecular complexity index is 582. The number of aromatic nitrogens is 3. The second kappa shape index (κ2) is 5.56. The Morgan fingerprint density at radius 2 is 2.11 bits per heavy atom. The van der Waals surface area contributed by atoms with Crippen molar-refractivity contribution in [3.8, 4) is 0 Å². The van der Waals surface area contributed by atoms with Crippen molar-refractivity contribution in [3.63, 3.8) is 0 Å². The van der Waals surface area contributed by atoms with Gasteiger partial charge in [0.2, 0.25) is 0 Å². The van der Waals surface area contributed by atoms with Gasteiger partial charge in [-0.2, -0.15) is 0 Å². The predicted octanol–water partition coefficient (Wildman–Crippen LogP) is 2.28. The molecule has 0 spiro atoms. The summed E-state index contributed by atoms with van der Waals surface area (Å²) in [5.74, 6) is -0.364. The molecular weight excluding hydrogens is 242 g/mol. The molecule has 0 aliphatic rings. The van der Waals surface area contributed by atoms with E-state index in [2.05, 4.69) is 15.0 Å². The Balaban J connectivity index is 2.33. The quantitative estimate of drug-likeness (QED) is 0.909. The van der Waals surface area contributed by atoms with Crippen LogP contribution in [-0.4, -0.2) is 26.0 Å². The van der Waals surface area contributed by atoms with E-state index >= 15 is 0 Å². The van der Waals surface area contributed by atoms with Gasteiger partial charge in [0, 0.05) is 18.1 Å². The minimum atomic E-state index is -0.993. The van der Waals surface area contributed by atoms with E-state index in [1.165, 1.54) is 6.20 Å². The third-order valence-corrected chi connectivity index (χ3v) is 2.71. The van der Waals surface area contributed by atoms with Crippen molar-refractivity contribution in [1.29, 1.82) is 0 Å². The van der Waals surface area contributed by atoms with Crippen molar-refractivity contribution in [1.82, 2.24) is 15.0 Å². The average molecular weight is 257 g/mol. The van der Waals surface area contributed by atoms with Crippen LogP contribution in [0.15, 0.2) is 30.6 Å². The molecule has 0 aromatic carbocycles. The molecule has 0 saturated carbocycles. The van der Waals surface area contributed by atoms with Gasteiger partial charge in [0.15, 0.2) is 0 Å². The Hall–Kier alpha value is -2.30. The molecule has 0 bridgehead atoms. The molecule has 1 N–H and O–H groups in total. The second-order valence-corrected chi connectivity index (χ2v) is 4.54. The highest BCUT2D eigenvalue weighted by Gasteiger charge is 2.16. The first-order valence-corrected chi connectivity index (χ1v) is 6.07. The van der Waals surface area contributed by atoms with E-state index < -0.39 is 5.97 Å². The Labute approximate surface area is 111 Å². The summed E-state index contributed by atoms with van der Waals surface area (Å²) in [6.45, 7) is 3.83. The topological polar surface area (TPSA) is 76.0 Å². The summed E-state index contributed by atoms with van der Waals surface area (Å²) in [7, 11) is 0. The minimum Gasteiger partial charge on any atom is -0.478 e. The molecule has 2 aromatic rings. The van der Waals surface area contributed by atoms with Gasteiger partial charge in [0.05, 0.1) is 17.7 Å². The molecule has 0 fully saturated rings. The van der Waals surface area contributed by atoms with E-state index in [4.69, 9.17) is 5.11 Å². The van der Waals surface area contributed by atoms with Gasteiger partial charge >= 0.3 is 5.97 Å². The average Bonchev–Trinajstić information content (AvgIpc) is 2.39. The van der Waals surface area contributed by atoms with Crippen molar-refractivity contribution in [2.45, 2.75) is 26.2 Å². The number of carboxylic acid groups (broad SMARTS) is 1. The molecule has 2 heterocycles. The normalized spacial score (nSPS) is 10.7. The van der Waals surface area contributed by atoms with Crippen molar-refractivity contribution in [2.75, 3.05) is 0 Å². The van der Waals surface area contributed by atoms with Crippen LogP contribution >= 0.6 is 0 Å². The molecule has 2 aromatic heterocycles. The van der Waals surface area contributed by atoms with Gasteiger partial charge in [0.1, 0.15) is 5.82 Å². The first-order valence-electron chi connectivity index (χ1n) is 6.07. The molecule has 19 heavy (non-hydrogen) atoms. The number of pyridine rings is 1. The first kappa shape index (κ1) is 13.1. The number of carboxylic acids is 1. The standard InChI is InChI=1S/C14H15N3O2/c1-9(2)13-11(14(18)19)8-16-12(17-13)7-10-5-3-4-6-15-10/h3-6,8-9H,7H2,1-2H3,(H,18,19). The van der Waals surface area contributed by atoms with E-state index in [1.807, 2.05) is 32.0 Å². The van der Waals surface area contributed by atoms with E-state index in [1.54, 1.807) is 6.20 Å². The smallest absolute Gasteiger partial charge is 0.339 e. The third-order valence-electron chi connectivity index (χ3n) is 2.71. The van der Waals surface area contributed by atoms with Crippen LogP contribution in [0.2, 0.25) is 0 Å². The lowest BCUT2D eigenvalue weighted by molar-refractivity contribution is 0.0694. The molecule has 0 aliphatic carbocycles. The van der Waals surface area contributed by atoms with Crippen LogP contribution in [0, 0.1) is 0 Å². The van der Waals surface area contributed by atoms with Crippen LogP contribution in [0.1, 0.15) is 47.3 Å². The fourth-order valence-electron chi connectivity index (χ4n) is 1.79. The zero-order chi connectivity index (χ0) is 13.8. The van der Waals surface area contributed by atoms with Crippen molar-refractivity contribution < 1.29 is 9.90 Å². The molecule has 0 saturated heterocycles. The summed E-state index contributed by atoms with van der Waals surface area (Å²) >= 11 is 0. The Morgan fingerprint density at radius 1 is 1.32 bits per heavy atom. The van der Waals surface area contributed by atoms with E-state index in [9.17, 15) is 4.79 Å². The first-order chi connectivity index (χ1) is 9.08. The largest absolute Gasteiger partial charge is 0.478 e. The van der Waals surface area contributed by atoms with Crippen LogP contribution < -0.4 is 0 Å². The summed E-state index contributed by atoms with van der Waals surface area (Å²) in [4.78, 5) is 23.8. The lowest BCUT2D eigenvalue weighted by Crippen LogP contribution is -2.10. The SMILES string of the molecule is CC(C)c1nc(Cc2ccccn2)ncc1C(=O)O. The number of rotatable bonds is 4. The van der Waals surface area contributed by atoms with Gasteiger partial charge < -0.3 is 5.11 Å². The van der Waals surface area contributed by atoms with E-state index in [0.717, 1.165) is 5.69 Å². The van der Waals surface area contributed by atoms with Gasteiger partial charge in [-0.15, -0.1) is 0 Å². The maximum atomic E-state index is 11.1. The maximum absolute atomic E-state index is 11.1. The van der Waals surface area contributed by atoms with E-state index in [0.29, 0.717) is 17.9 Å². The van der Waals surface area contributed by atoms with Crippen molar-refractivity contribution in [2.24, 2.45) is 0 Å². The van der Waals surface area contributed by atoms with Crippen LogP contribution in [0.25, 0.3) is 0 Å². The summed E-state index contributed by atoms with van der Waals surface area (Å²) in [6, 6.07) is 5.64. The van der Waals surface area contributed by atoms with Gasteiger partial charge in [-0.05, 0) is 18.1 Å².